The van der Waals surface area contributed by atoms with Crippen molar-refractivity contribution >= 4 is 56.8 Å². The second-order valence-corrected chi connectivity index (χ2v) is 7.67. The van der Waals surface area contributed by atoms with E-state index >= 15 is 0 Å². The molecule has 0 fully saturated rings. The third-order valence-electron chi connectivity index (χ3n) is 5.01. The van der Waals surface area contributed by atoms with Gasteiger partial charge in [-0.3, -0.25) is 0 Å². The second kappa shape index (κ2) is 7.99. The number of hydrogen-bond acceptors (Lipinski definition) is 4. The Kier molecular flexibility index (Phi) is 5.04. The van der Waals surface area contributed by atoms with Crippen LogP contribution in [0.25, 0.3) is 33.1 Å². The Morgan fingerprint density at radius 3 is 2.83 bits per heavy atom. The SMILES string of the molecule is ClNCCc1cc2ccc(Nc3ncc(Cl)c(-c4c[nH]c5ccccc45)n3)cc2[nH]1. The topological polar surface area (TPSA) is 81.4 Å². The highest BCUT2D eigenvalue weighted by molar-refractivity contribution is 6.33. The minimum Gasteiger partial charge on any atom is -0.360 e. The maximum Gasteiger partial charge on any atom is 0.227 e. The van der Waals surface area contributed by atoms with Crippen molar-refractivity contribution in [1.29, 1.82) is 0 Å². The molecule has 5 rings (SSSR count). The Bertz CT molecular complexity index is 1340. The van der Waals surface area contributed by atoms with Gasteiger partial charge in [-0.1, -0.05) is 35.9 Å². The van der Waals surface area contributed by atoms with Gasteiger partial charge < -0.3 is 15.3 Å². The van der Waals surface area contributed by atoms with Gasteiger partial charge in [0, 0.05) is 52.5 Å². The van der Waals surface area contributed by atoms with Crippen molar-refractivity contribution in [2.24, 2.45) is 0 Å². The molecule has 0 bridgehead atoms. The molecule has 8 heteroatoms. The molecule has 0 aliphatic carbocycles. The van der Waals surface area contributed by atoms with E-state index in [0.717, 1.165) is 45.2 Å². The molecule has 0 aliphatic rings. The van der Waals surface area contributed by atoms with Crippen molar-refractivity contribution < 1.29 is 0 Å². The Hall–Kier alpha value is -3.06. The highest BCUT2D eigenvalue weighted by atomic mass is 35.5. The van der Waals surface area contributed by atoms with Crippen LogP contribution in [0.4, 0.5) is 11.6 Å². The largest absolute Gasteiger partial charge is 0.360 e. The molecule has 30 heavy (non-hydrogen) atoms. The molecule has 0 aliphatic heterocycles. The lowest BCUT2D eigenvalue weighted by Crippen LogP contribution is -2.04. The first-order valence-electron chi connectivity index (χ1n) is 9.52. The van der Waals surface area contributed by atoms with Gasteiger partial charge >= 0.3 is 0 Å². The zero-order valence-electron chi connectivity index (χ0n) is 15.8. The number of H-pyrrole nitrogens is 2. The minimum absolute atomic E-state index is 0.483. The summed E-state index contributed by atoms with van der Waals surface area (Å²) in [4.78, 5) is 18.4. The van der Waals surface area contributed by atoms with E-state index < -0.39 is 0 Å². The Morgan fingerprint density at radius 1 is 1.03 bits per heavy atom. The minimum atomic E-state index is 0.483. The number of aromatic amines is 2. The summed E-state index contributed by atoms with van der Waals surface area (Å²) in [7, 11) is 0. The summed E-state index contributed by atoms with van der Waals surface area (Å²) in [6.45, 7) is 0.703. The van der Waals surface area contributed by atoms with Crippen LogP contribution in [0.1, 0.15) is 5.69 Å². The molecule has 3 aromatic heterocycles. The zero-order chi connectivity index (χ0) is 20.5. The fourth-order valence-corrected chi connectivity index (χ4v) is 3.88. The van der Waals surface area contributed by atoms with Gasteiger partial charge in [0.25, 0.3) is 0 Å². The summed E-state index contributed by atoms with van der Waals surface area (Å²) >= 11 is 12.0. The van der Waals surface area contributed by atoms with Crippen molar-refractivity contribution in [3.8, 4) is 11.3 Å². The second-order valence-electron chi connectivity index (χ2n) is 6.99. The summed E-state index contributed by atoms with van der Waals surface area (Å²) in [6, 6.07) is 16.3. The van der Waals surface area contributed by atoms with E-state index in [2.05, 4.69) is 42.2 Å². The molecular weight excluding hydrogens is 419 g/mol. The van der Waals surface area contributed by atoms with Gasteiger partial charge in [-0.2, -0.15) is 0 Å². The van der Waals surface area contributed by atoms with Gasteiger partial charge in [0.15, 0.2) is 0 Å². The van der Waals surface area contributed by atoms with Gasteiger partial charge in [0.05, 0.1) is 16.9 Å². The van der Waals surface area contributed by atoms with Crippen molar-refractivity contribution in [3.63, 3.8) is 0 Å². The maximum absolute atomic E-state index is 6.43. The van der Waals surface area contributed by atoms with E-state index in [4.69, 9.17) is 23.4 Å². The molecule has 4 N–H and O–H groups in total. The molecule has 0 atom stereocenters. The smallest absolute Gasteiger partial charge is 0.227 e. The predicted octanol–water partition coefficient (Wildman–Crippen LogP) is 5.79. The third-order valence-corrected chi connectivity index (χ3v) is 5.48. The molecule has 0 saturated heterocycles. The molecule has 0 spiro atoms. The van der Waals surface area contributed by atoms with E-state index in [-0.39, 0.29) is 0 Å². The van der Waals surface area contributed by atoms with Crippen LogP contribution in [0.2, 0.25) is 5.02 Å². The number of anilines is 2. The number of nitrogens with zero attached hydrogens (tertiary/aromatic N) is 2. The zero-order valence-corrected chi connectivity index (χ0v) is 17.3. The normalized spacial score (nSPS) is 11.4. The third kappa shape index (κ3) is 3.61. The lowest BCUT2D eigenvalue weighted by atomic mass is 10.1. The van der Waals surface area contributed by atoms with Crippen LogP contribution in [-0.2, 0) is 6.42 Å². The van der Waals surface area contributed by atoms with E-state index in [1.807, 2.05) is 42.6 Å². The number of halogens is 2. The molecule has 0 unspecified atom stereocenters. The number of aromatic nitrogens is 4. The van der Waals surface area contributed by atoms with Crippen LogP contribution < -0.4 is 10.2 Å². The van der Waals surface area contributed by atoms with Crippen LogP contribution >= 0.6 is 23.4 Å². The van der Waals surface area contributed by atoms with Crippen molar-refractivity contribution in [1.82, 2.24) is 24.8 Å². The van der Waals surface area contributed by atoms with E-state index in [1.54, 1.807) is 6.20 Å². The van der Waals surface area contributed by atoms with E-state index in [1.165, 1.54) is 0 Å². The number of fused-ring (bicyclic) bond motifs is 2. The highest BCUT2D eigenvalue weighted by Gasteiger charge is 2.13. The maximum atomic E-state index is 6.43. The molecule has 6 nitrogen and oxygen atoms in total. The average Bonchev–Trinajstić information content (AvgIpc) is 3.37. The number of nitrogens with one attached hydrogen (secondary N) is 4. The Morgan fingerprint density at radius 2 is 1.93 bits per heavy atom. The standard InChI is InChI=1S/C22H18Cl2N6/c23-18-12-26-22(30-21(18)17-11-25-19-4-2-1-3-16(17)19)29-14-6-5-13-9-15(7-8-27-24)28-20(13)10-14/h1-6,9-12,25,27-28H,7-8H2,(H,26,29,30). The van der Waals surface area contributed by atoms with Crippen molar-refractivity contribution in [2.75, 3.05) is 11.9 Å². The van der Waals surface area contributed by atoms with Crippen LogP contribution in [0.5, 0.6) is 0 Å². The number of hydrogen-bond donors (Lipinski definition) is 4. The summed E-state index contributed by atoms with van der Waals surface area (Å²) in [6.07, 6.45) is 4.37. The molecule has 0 amide bonds. The number of benzene rings is 2. The Balaban J connectivity index is 1.46. The number of para-hydroxylation sites is 1. The fourth-order valence-electron chi connectivity index (χ4n) is 3.59. The van der Waals surface area contributed by atoms with Crippen LogP contribution in [0.3, 0.4) is 0 Å². The van der Waals surface area contributed by atoms with Crippen LogP contribution in [0.15, 0.2) is 60.9 Å². The van der Waals surface area contributed by atoms with Crippen LogP contribution in [0, 0.1) is 0 Å². The summed E-state index contributed by atoms with van der Waals surface area (Å²) in [5.41, 5.74) is 5.71. The first kappa shape index (κ1) is 18.9. The average molecular weight is 437 g/mol. The fraction of sp³-hybridized carbons (Fsp3) is 0.0909. The van der Waals surface area contributed by atoms with Crippen molar-refractivity contribution in [3.05, 3.63) is 71.6 Å². The van der Waals surface area contributed by atoms with Gasteiger partial charge in [-0.15, -0.1) is 0 Å². The first-order valence-corrected chi connectivity index (χ1v) is 10.3. The monoisotopic (exact) mass is 436 g/mol. The summed E-state index contributed by atoms with van der Waals surface area (Å²) in [5.74, 6) is 0.483. The van der Waals surface area contributed by atoms with Gasteiger partial charge in [-0.25, -0.2) is 14.8 Å². The van der Waals surface area contributed by atoms with Gasteiger partial charge in [-0.05, 0) is 41.4 Å². The molecule has 0 saturated carbocycles. The molecule has 3 heterocycles. The van der Waals surface area contributed by atoms with Crippen molar-refractivity contribution in [2.45, 2.75) is 6.42 Å². The first-order chi connectivity index (χ1) is 14.7. The highest BCUT2D eigenvalue weighted by Crippen LogP contribution is 2.32. The lowest BCUT2D eigenvalue weighted by molar-refractivity contribution is 0.879. The van der Waals surface area contributed by atoms with E-state index in [9.17, 15) is 0 Å². The quantitative estimate of drug-likeness (QED) is 0.254. The number of rotatable bonds is 6. The summed E-state index contributed by atoms with van der Waals surface area (Å²) < 4.78 is 0. The van der Waals surface area contributed by atoms with Gasteiger partial charge in [0.2, 0.25) is 5.95 Å². The molecule has 2 aromatic carbocycles. The predicted molar refractivity (Wildman–Crippen MR) is 123 cm³/mol. The summed E-state index contributed by atoms with van der Waals surface area (Å²) in [5, 5.41) is 5.99. The molecule has 5 aromatic rings. The van der Waals surface area contributed by atoms with Crippen LogP contribution in [-0.4, -0.2) is 26.5 Å². The lowest BCUT2D eigenvalue weighted by Gasteiger charge is -2.08. The molecular formula is C22H18Cl2N6. The molecule has 150 valence electrons. The van der Waals surface area contributed by atoms with E-state index in [0.29, 0.717) is 23.2 Å². The molecule has 0 radical (unpaired) electrons. The van der Waals surface area contributed by atoms with Gasteiger partial charge in [0.1, 0.15) is 0 Å². The Labute approximate surface area is 182 Å².